The van der Waals surface area contributed by atoms with E-state index in [4.69, 9.17) is 0 Å². The first-order valence-electron chi connectivity index (χ1n) is 38.5. The molecule has 24 nitrogen and oxygen atoms in total. The van der Waals surface area contributed by atoms with Gasteiger partial charge in [-0.15, -0.1) is 34.0 Å². The Morgan fingerprint density at radius 2 is 0.757 bits per heavy atom. The van der Waals surface area contributed by atoms with E-state index in [9.17, 15) is 62.9 Å². The van der Waals surface area contributed by atoms with Crippen molar-refractivity contribution in [2.75, 3.05) is 19.6 Å². The van der Waals surface area contributed by atoms with E-state index in [-0.39, 0.29) is 117 Å². The molecule has 600 valence electrons. The van der Waals surface area contributed by atoms with Gasteiger partial charge in [-0.2, -0.15) is 0 Å². The normalized spacial score (nSPS) is 19.6. The number of aryl methyl sites for hydroxylation is 2. The zero-order chi connectivity index (χ0) is 81.8. The van der Waals surface area contributed by atoms with Gasteiger partial charge in [-0.25, -0.2) is 19.3 Å². The summed E-state index contributed by atoms with van der Waals surface area (Å²) in [6, 6.07) is 37.7. The number of β-amino-alcohol motifs (C(OH)–C–C–N with tert-alkyl or cyclic N) is 3. The minimum atomic E-state index is -0.856. The van der Waals surface area contributed by atoms with E-state index in [1.165, 1.54) is 31.7 Å². The van der Waals surface area contributed by atoms with Crippen LogP contribution in [0.3, 0.4) is 0 Å². The Labute approximate surface area is 686 Å². The highest BCUT2D eigenvalue weighted by Gasteiger charge is 2.50. The average Bonchev–Trinajstić information content (AvgIpc) is 1.64. The molecular formula is C86H92BrFN12O12S3. The number of thiazole rings is 3. The Bertz CT molecular complexity index is 4910. The maximum Gasteiger partial charge on any atom is 0.255 e. The number of aromatic nitrogens is 3. The van der Waals surface area contributed by atoms with Crippen LogP contribution in [0.5, 0.6) is 0 Å². The summed E-state index contributed by atoms with van der Waals surface area (Å²) in [4.78, 5) is 146. The monoisotopic (exact) mass is 1680 g/mol. The quantitative estimate of drug-likeness (QED) is 0.0390. The van der Waals surface area contributed by atoms with Crippen molar-refractivity contribution in [2.24, 2.45) is 17.8 Å². The van der Waals surface area contributed by atoms with Crippen LogP contribution in [-0.4, -0.2) is 187 Å². The summed E-state index contributed by atoms with van der Waals surface area (Å²) >= 11 is 8.16. The minimum Gasteiger partial charge on any atom is -0.391 e. The lowest BCUT2D eigenvalue weighted by molar-refractivity contribution is -0.143. The number of benzene rings is 6. The van der Waals surface area contributed by atoms with Crippen LogP contribution in [0.25, 0.3) is 31.3 Å². The molecule has 9 aromatic rings. The summed E-state index contributed by atoms with van der Waals surface area (Å²) in [7, 11) is 0. The number of hydrogen-bond donors (Lipinski definition) is 6. The molecule has 9 heterocycles. The molecule has 9 atom stereocenters. The third kappa shape index (κ3) is 18.1. The van der Waals surface area contributed by atoms with Crippen molar-refractivity contribution in [1.29, 1.82) is 0 Å². The van der Waals surface area contributed by atoms with Crippen LogP contribution in [0, 0.1) is 37.4 Å². The summed E-state index contributed by atoms with van der Waals surface area (Å²) in [6.07, 6.45) is -2.00. The van der Waals surface area contributed by atoms with Gasteiger partial charge in [0, 0.05) is 94.9 Å². The van der Waals surface area contributed by atoms with Crippen LogP contribution in [0.2, 0.25) is 0 Å². The van der Waals surface area contributed by atoms with E-state index in [0.717, 1.165) is 75.1 Å². The fourth-order valence-corrected chi connectivity index (χ4v) is 19.2. The second-order valence-electron chi connectivity index (χ2n) is 30.9. The van der Waals surface area contributed by atoms with Crippen LogP contribution < -0.4 is 16.0 Å². The molecule has 3 fully saturated rings. The molecule has 6 aliphatic rings. The second kappa shape index (κ2) is 35.9. The van der Waals surface area contributed by atoms with Crippen molar-refractivity contribution in [3.05, 3.63) is 228 Å². The number of aliphatic hydroxyl groups excluding tert-OH is 3. The van der Waals surface area contributed by atoms with Crippen molar-refractivity contribution in [2.45, 2.75) is 168 Å². The zero-order valence-electron chi connectivity index (χ0n) is 64.9. The largest absolute Gasteiger partial charge is 0.391 e. The van der Waals surface area contributed by atoms with Gasteiger partial charge in [-0.1, -0.05) is 157 Å². The van der Waals surface area contributed by atoms with E-state index >= 15 is 0 Å². The zero-order valence-corrected chi connectivity index (χ0v) is 69.0. The van der Waals surface area contributed by atoms with Crippen LogP contribution in [0.4, 0.5) is 4.39 Å². The van der Waals surface area contributed by atoms with Crippen LogP contribution in [-0.2, 0) is 68.0 Å². The molecular weight excluding hydrogens is 1590 g/mol. The van der Waals surface area contributed by atoms with Gasteiger partial charge < -0.3 is 60.7 Å². The Hall–Kier alpha value is -10.3. The number of rotatable bonds is 21. The van der Waals surface area contributed by atoms with Gasteiger partial charge in [0.25, 0.3) is 17.7 Å². The number of likely N-dealkylation sites (tertiary alicyclic amines) is 3. The highest BCUT2D eigenvalue weighted by atomic mass is 79.9. The predicted octanol–water partition coefficient (Wildman–Crippen LogP) is 10.7. The lowest BCUT2D eigenvalue weighted by Gasteiger charge is -2.35. The first-order valence-corrected chi connectivity index (χ1v) is 41.9. The number of aliphatic hydroxyl groups is 3. The number of carbonyl (C=O) groups excluding carboxylic acids is 9. The van der Waals surface area contributed by atoms with Gasteiger partial charge >= 0.3 is 0 Å². The van der Waals surface area contributed by atoms with Crippen LogP contribution in [0.15, 0.2) is 161 Å². The molecule has 6 aromatic carbocycles. The molecule has 29 heteroatoms. The summed E-state index contributed by atoms with van der Waals surface area (Å²) in [6.45, 7) is 17.1. The fourth-order valence-electron chi connectivity index (χ4n) is 16.1. The van der Waals surface area contributed by atoms with E-state index in [1.54, 1.807) is 67.5 Å². The minimum absolute atomic E-state index is 0.00659. The summed E-state index contributed by atoms with van der Waals surface area (Å²) in [5, 5.41) is 40.0. The molecule has 9 amide bonds. The molecule has 0 bridgehead atoms. The average molecular weight is 1680 g/mol. The molecule has 6 aliphatic heterocycles. The predicted molar refractivity (Wildman–Crippen MR) is 439 cm³/mol. The van der Waals surface area contributed by atoms with Crippen molar-refractivity contribution < 1.29 is 62.9 Å². The Morgan fingerprint density at radius 1 is 0.443 bits per heavy atom. The third-order valence-electron chi connectivity index (χ3n) is 21.9. The molecule has 3 aromatic heterocycles. The van der Waals surface area contributed by atoms with Gasteiger partial charge in [0.15, 0.2) is 0 Å². The highest BCUT2D eigenvalue weighted by molar-refractivity contribution is 9.10. The van der Waals surface area contributed by atoms with Crippen molar-refractivity contribution >= 4 is 103 Å². The fraction of sp³-hybridized carbons (Fsp3) is 0.372. The summed E-state index contributed by atoms with van der Waals surface area (Å²) < 4.78 is 14.6. The topological polar surface area (TPSA) is 309 Å². The van der Waals surface area contributed by atoms with E-state index in [2.05, 4.69) is 46.8 Å². The molecule has 0 spiro atoms. The molecule has 0 saturated carbocycles. The molecule has 3 saturated heterocycles. The standard InChI is InChI=1S/C29H31FN4O4S.C29H32N4O4S.C28H29BrN4O4S/c1-16(2)25(34-13-20-8-9-21(30)10-23(20)28(34)37)29(38)33-14-22(35)11-24(33)27(36)31-12-18-4-6-19(7-5-18)26-17(3)32-15-39-26;1-17(2)25(33-14-21-6-4-5-7-23(21)28(33)36)29(37)32-15-22(34)12-24(32)27(35)30-13-19-8-10-20(11-9-19)26-18(3)31-16-38-26;1-16(2)23(33-13-19-5-3-4-6-21(19)27(33)36)28(37)32-14-20(34)11-22(32)26(35)30-12-17-7-9-18(10-8-17)24-25(29)31-15-38-24/h4-10,15-16,22,24-25,35H,11-14H2,1-3H3,(H,31,36);4-11,16-17,22,24-25,34H,12-15H2,1-3H3,(H,30,35);3-10,15-16,20,22-23,34H,11-14H2,1-2H3,(H,30,35)/t22-,24+,25-;22-,24+,25+;20-,22+,23+/m111/s1. The molecule has 0 unspecified atom stereocenters. The smallest absolute Gasteiger partial charge is 0.255 e. The van der Waals surface area contributed by atoms with Crippen LogP contribution in [0.1, 0.15) is 137 Å². The van der Waals surface area contributed by atoms with E-state index < -0.39 is 72.2 Å². The molecule has 0 aliphatic carbocycles. The Balaban J connectivity index is 0.000000150. The van der Waals surface area contributed by atoms with Crippen molar-refractivity contribution in [3.63, 3.8) is 0 Å². The number of hydrogen-bond acceptors (Lipinski definition) is 18. The van der Waals surface area contributed by atoms with Gasteiger partial charge in [-0.3, -0.25) is 43.2 Å². The first kappa shape index (κ1) is 82.7. The Kier molecular flexibility index (Phi) is 25.8. The van der Waals surface area contributed by atoms with Crippen molar-refractivity contribution in [3.8, 4) is 31.3 Å². The van der Waals surface area contributed by atoms with Gasteiger partial charge in [0.1, 0.15) is 46.7 Å². The Morgan fingerprint density at radius 3 is 1.07 bits per heavy atom. The van der Waals surface area contributed by atoms with Crippen LogP contribution >= 0.6 is 49.9 Å². The number of carbonyl (C=O) groups is 9. The third-order valence-corrected chi connectivity index (χ3v) is 25.6. The number of amides is 9. The number of nitrogens with one attached hydrogen (secondary N) is 3. The highest BCUT2D eigenvalue weighted by Crippen LogP contribution is 2.37. The van der Waals surface area contributed by atoms with Crippen molar-refractivity contribution in [1.82, 2.24) is 60.3 Å². The van der Waals surface area contributed by atoms with E-state index in [0.29, 0.717) is 42.9 Å². The van der Waals surface area contributed by atoms with Gasteiger partial charge in [0.05, 0.1) is 60.9 Å². The molecule has 6 N–H and O–H groups in total. The number of halogens is 2. The summed E-state index contributed by atoms with van der Waals surface area (Å²) in [5.74, 6) is -3.86. The number of nitrogens with zero attached hydrogens (tertiary/aromatic N) is 9. The van der Waals surface area contributed by atoms with Gasteiger partial charge in [0.2, 0.25) is 35.4 Å². The second-order valence-corrected chi connectivity index (χ2v) is 34.2. The van der Waals surface area contributed by atoms with E-state index in [1.807, 2.05) is 176 Å². The lowest BCUT2D eigenvalue weighted by Crippen LogP contribution is -2.55. The maximum atomic E-state index is 13.8. The first-order chi connectivity index (χ1) is 55.1. The molecule has 115 heavy (non-hydrogen) atoms. The lowest BCUT2D eigenvalue weighted by atomic mass is 10.0. The van der Waals surface area contributed by atoms with Gasteiger partial charge in [-0.05, 0) is 122 Å². The SMILES string of the molecule is CC(C)[C@@H](C(=O)N1C[C@H](O)C[C@H]1C(=O)NCc1ccc(-c2scnc2Br)cc1)N1Cc2ccccc2C1=O.Cc1ncsc1-c1ccc(CNC(=O)[C@@H]2C[C@@H](O)CN2C(=O)[C@@H](C(C)C)N2Cc3ccc(F)cc3C2=O)cc1.Cc1ncsc1-c1ccc(CNC(=O)[C@@H]2C[C@@H](O)CN2C(=O)[C@H](C(C)C)N2Cc3ccccc3C2=O)cc1. The molecule has 15 rings (SSSR count). The summed E-state index contributed by atoms with van der Waals surface area (Å²) in [5.41, 5.74) is 17.2. The molecule has 0 radical (unpaired) electrons. The maximum absolute atomic E-state index is 13.8. The number of fused-ring (bicyclic) bond motifs is 3.